The van der Waals surface area contributed by atoms with Gasteiger partial charge in [-0.15, -0.1) is 10.2 Å². The Balaban J connectivity index is 1.37. The molecule has 1 aromatic heterocycles. The highest BCUT2D eigenvalue weighted by Crippen LogP contribution is 2.32. The Bertz CT molecular complexity index is 998. The first-order valence-electron chi connectivity index (χ1n) is 8.92. The first kappa shape index (κ1) is 17.8. The van der Waals surface area contributed by atoms with E-state index in [-0.39, 0.29) is 18.4 Å². The fourth-order valence-electron chi connectivity index (χ4n) is 3.04. The molecule has 1 aliphatic heterocycles. The Morgan fingerprint density at radius 2 is 1.75 bits per heavy atom. The normalized spacial score (nSPS) is 11.9. The summed E-state index contributed by atoms with van der Waals surface area (Å²) in [6, 6.07) is 15.1. The number of benzene rings is 2. The van der Waals surface area contributed by atoms with E-state index in [2.05, 4.69) is 26.9 Å². The second kappa shape index (κ2) is 7.56. The largest absolute Gasteiger partial charge is 0.454 e. The number of carbonyl (C=O) groups excluding carboxylic acids is 1. The minimum Gasteiger partial charge on any atom is -0.454 e. The maximum absolute atomic E-state index is 12.3. The van der Waals surface area contributed by atoms with Gasteiger partial charge in [-0.05, 0) is 66.9 Å². The number of aryl methyl sites for hydroxylation is 2. The van der Waals surface area contributed by atoms with E-state index in [4.69, 9.17) is 9.47 Å². The van der Waals surface area contributed by atoms with Crippen LogP contribution in [0.4, 0.5) is 11.5 Å². The van der Waals surface area contributed by atoms with Gasteiger partial charge in [-0.3, -0.25) is 4.79 Å². The number of ether oxygens (including phenoxy) is 2. The summed E-state index contributed by atoms with van der Waals surface area (Å²) in [4.78, 5) is 12.3. The number of anilines is 2. The summed E-state index contributed by atoms with van der Waals surface area (Å²) < 4.78 is 10.6. The molecule has 7 heteroatoms. The van der Waals surface area contributed by atoms with Crippen LogP contribution < -0.4 is 20.1 Å². The SMILES string of the molecule is Cc1cc(C)cc(Nc2ccc(C(=O)NCc3ccc4c(c3)OCO4)nn2)c1. The van der Waals surface area contributed by atoms with Crippen molar-refractivity contribution in [1.82, 2.24) is 15.5 Å². The summed E-state index contributed by atoms with van der Waals surface area (Å²) in [7, 11) is 0. The van der Waals surface area contributed by atoms with Crippen molar-refractivity contribution >= 4 is 17.4 Å². The lowest BCUT2D eigenvalue weighted by molar-refractivity contribution is 0.0945. The van der Waals surface area contributed by atoms with Crippen LogP contribution in [-0.2, 0) is 6.54 Å². The van der Waals surface area contributed by atoms with Crippen molar-refractivity contribution in [1.29, 1.82) is 0 Å². The van der Waals surface area contributed by atoms with Crippen LogP contribution >= 0.6 is 0 Å². The third kappa shape index (κ3) is 4.03. The zero-order valence-electron chi connectivity index (χ0n) is 15.7. The van der Waals surface area contributed by atoms with E-state index >= 15 is 0 Å². The number of amides is 1. The molecule has 0 atom stereocenters. The first-order chi connectivity index (χ1) is 13.6. The number of nitrogens with zero attached hydrogens (tertiary/aromatic N) is 2. The Kier molecular flexibility index (Phi) is 4.80. The lowest BCUT2D eigenvalue weighted by Gasteiger charge is -2.08. The lowest BCUT2D eigenvalue weighted by atomic mass is 10.1. The van der Waals surface area contributed by atoms with Crippen molar-refractivity contribution in [3.05, 3.63) is 70.9 Å². The van der Waals surface area contributed by atoms with Crippen LogP contribution in [0.3, 0.4) is 0 Å². The van der Waals surface area contributed by atoms with Gasteiger partial charge in [-0.2, -0.15) is 0 Å². The predicted octanol–water partition coefficient (Wildman–Crippen LogP) is 3.50. The molecule has 4 rings (SSSR count). The average Bonchev–Trinajstić information content (AvgIpc) is 3.14. The van der Waals surface area contributed by atoms with Crippen molar-refractivity contribution in [3.8, 4) is 11.5 Å². The molecule has 0 fully saturated rings. The van der Waals surface area contributed by atoms with Crippen molar-refractivity contribution in [3.63, 3.8) is 0 Å². The fraction of sp³-hybridized carbons (Fsp3) is 0.190. The van der Waals surface area contributed by atoms with Gasteiger partial charge in [0.25, 0.3) is 5.91 Å². The maximum Gasteiger partial charge on any atom is 0.272 e. The molecule has 1 amide bonds. The van der Waals surface area contributed by atoms with E-state index in [0.717, 1.165) is 22.4 Å². The van der Waals surface area contributed by atoms with Crippen LogP contribution in [0.2, 0.25) is 0 Å². The van der Waals surface area contributed by atoms with E-state index in [9.17, 15) is 4.79 Å². The van der Waals surface area contributed by atoms with Crippen LogP contribution in [0.15, 0.2) is 48.5 Å². The van der Waals surface area contributed by atoms with Crippen molar-refractivity contribution in [2.45, 2.75) is 20.4 Å². The second-order valence-corrected chi connectivity index (χ2v) is 6.68. The summed E-state index contributed by atoms with van der Waals surface area (Å²) >= 11 is 0. The van der Waals surface area contributed by atoms with Gasteiger partial charge in [0, 0.05) is 12.2 Å². The quantitative estimate of drug-likeness (QED) is 0.709. The lowest BCUT2D eigenvalue weighted by Crippen LogP contribution is -2.24. The van der Waals surface area contributed by atoms with Crippen molar-refractivity contribution < 1.29 is 14.3 Å². The zero-order chi connectivity index (χ0) is 19.5. The number of aromatic nitrogens is 2. The zero-order valence-corrected chi connectivity index (χ0v) is 15.7. The molecular weight excluding hydrogens is 356 g/mol. The van der Waals surface area contributed by atoms with E-state index in [1.54, 1.807) is 12.1 Å². The van der Waals surface area contributed by atoms with E-state index in [1.165, 1.54) is 0 Å². The Morgan fingerprint density at radius 3 is 2.50 bits per heavy atom. The first-order valence-corrected chi connectivity index (χ1v) is 8.92. The number of hydrogen-bond acceptors (Lipinski definition) is 6. The molecule has 0 bridgehead atoms. The molecule has 2 N–H and O–H groups in total. The van der Waals surface area contributed by atoms with E-state index in [0.29, 0.717) is 23.9 Å². The van der Waals surface area contributed by atoms with Gasteiger partial charge in [0.2, 0.25) is 6.79 Å². The third-order valence-electron chi connectivity index (χ3n) is 4.28. The van der Waals surface area contributed by atoms with Crippen LogP contribution in [0, 0.1) is 13.8 Å². The fourth-order valence-corrected chi connectivity index (χ4v) is 3.04. The van der Waals surface area contributed by atoms with E-state index in [1.807, 2.05) is 44.2 Å². The third-order valence-corrected chi connectivity index (χ3v) is 4.28. The van der Waals surface area contributed by atoms with Gasteiger partial charge in [-0.25, -0.2) is 0 Å². The molecule has 0 radical (unpaired) electrons. The van der Waals surface area contributed by atoms with Crippen molar-refractivity contribution in [2.24, 2.45) is 0 Å². The molecule has 2 heterocycles. The molecule has 1 aliphatic rings. The van der Waals surface area contributed by atoms with Crippen LogP contribution in [0.25, 0.3) is 0 Å². The summed E-state index contributed by atoms with van der Waals surface area (Å²) in [5.74, 6) is 1.70. The Labute approximate surface area is 162 Å². The maximum atomic E-state index is 12.3. The van der Waals surface area contributed by atoms with Gasteiger partial charge in [0.05, 0.1) is 0 Å². The molecular formula is C21H20N4O3. The van der Waals surface area contributed by atoms with Gasteiger partial charge in [-0.1, -0.05) is 12.1 Å². The minimum absolute atomic E-state index is 0.225. The standard InChI is InChI=1S/C21H20N4O3/c1-13-7-14(2)9-16(8-13)23-20-6-4-17(24-25-20)21(26)22-11-15-3-5-18-19(10-15)28-12-27-18/h3-10H,11-12H2,1-2H3,(H,22,26)(H,23,25). The average molecular weight is 376 g/mol. The predicted molar refractivity (Wildman–Crippen MR) is 105 cm³/mol. The molecule has 142 valence electrons. The summed E-state index contributed by atoms with van der Waals surface area (Å²) in [6.45, 7) is 4.66. The molecule has 28 heavy (non-hydrogen) atoms. The molecule has 7 nitrogen and oxygen atoms in total. The molecule has 0 saturated carbocycles. The molecule has 0 aliphatic carbocycles. The van der Waals surface area contributed by atoms with Gasteiger partial charge >= 0.3 is 0 Å². The highest BCUT2D eigenvalue weighted by Gasteiger charge is 2.14. The number of rotatable bonds is 5. The van der Waals surface area contributed by atoms with E-state index < -0.39 is 0 Å². The summed E-state index contributed by atoms with van der Waals surface area (Å²) in [5, 5.41) is 14.2. The molecule has 0 unspecified atom stereocenters. The Hall–Kier alpha value is -3.61. The molecule has 0 saturated heterocycles. The smallest absolute Gasteiger partial charge is 0.272 e. The molecule has 3 aromatic rings. The number of carbonyl (C=O) groups is 1. The number of fused-ring (bicyclic) bond motifs is 1. The number of nitrogens with one attached hydrogen (secondary N) is 2. The highest BCUT2D eigenvalue weighted by molar-refractivity contribution is 5.92. The van der Waals surface area contributed by atoms with Gasteiger partial charge in [0.15, 0.2) is 23.0 Å². The van der Waals surface area contributed by atoms with Gasteiger partial charge in [0.1, 0.15) is 0 Å². The highest BCUT2D eigenvalue weighted by atomic mass is 16.7. The second-order valence-electron chi connectivity index (χ2n) is 6.68. The Morgan fingerprint density at radius 1 is 0.964 bits per heavy atom. The van der Waals surface area contributed by atoms with Crippen molar-refractivity contribution in [2.75, 3.05) is 12.1 Å². The van der Waals surface area contributed by atoms with Gasteiger partial charge < -0.3 is 20.1 Å². The monoisotopic (exact) mass is 376 g/mol. The topological polar surface area (TPSA) is 85.4 Å². The molecule has 0 spiro atoms. The van der Waals surface area contributed by atoms with Crippen LogP contribution in [-0.4, -0.2) is 22.9 Å². The summed E-state index contributed by atoms with van der Waals surface area (Å²) in [6.07, 6.45) is 0. The van der Waals surface area contributed by atoms with Crippen LogP contribution in [0.1, 0.15) is 27.2 Å². The molecule has 2 aromatic carbocycles. The van der Waals surface area contributed by atoms with Crippen LogP contribution in [0.5, 0.6) is 11.5 Å². The number of hydrogen-bond donors (Lipinski definition) is 2. The summed E-state index contributed by atoms with van der Waals surface area (Å²) in [5.41, 5.74) is 4.43. The minimum atomic E-state index is -0.289.